The van der Waals surface area contributed by atoms with Gasteiger partial charge in [-0.25, -0.2) is 0 Å². The zero-order valence-corrected chi connectivity index (χ0v) is 13.4. The van der Waals surface area contributed by atoms with Gasteiger partial charge in [0, 0.05) is 14.3 Å². The summed E-state index contributed by atoms with van der Waals surface area (Å²) in [4.78, 5) is 1.25. The number of hydrogen-bond acceptors (Lipinski definition) is 3. The molecule has 0 aliphatic carbocycles. The molecule has 1 unspecified atom stereocenters. The van der Waals surface area contributed by atoms with Gasteiger partial charge in [0.25, 0.3) is 0 Å². The summed E-state index contributed by atoms with van der Waals surface area (Å²) in [6.07, 6.45) is 1.13. The zero-order chi connectivity index (χ0) is 14.1. The molecule has 1 aromatic carbocycles. The van der Waals surface area contributed by atoms with Gasteiger partial charge in [-0.2, -0.15) is 0 Å². The van der Waals surface area contributed by atoms with E-state index in [-0.39, 0.29) is 6.04 Å². The van der Waals surface area contributed by atoms with E-state index in [0.29, 0.717) is 5.92 Å². The third-order valence-corrected chi connectivity index (χ3v) is 5.62. The molecule has 2 heterocycles. The quantitative estimate of drug-likeness (QED) is 0.703. The van der Waals surface area contributed by atoms with E-state index < -0.39 is 0 Å². The van der Waals surface area contributed by atoms with Crippen LogP contribution in [0.4, 0.5) is 0 Å². The molecule has 0 saturated carbocycles. The Morgan fingerprint density at radius 3 is 2.45 bits per heavy atom. The van der Waals surface area contributed by atoms with Crippen molar-refractivity contribution in [1.82, 2.24) is 0 Å². The Labute approximate surface area is 128 Å². The number of hydrogen-bond donors (Lipinski definition) is 1. The van der Waals surface area contributed by atoms with Crippen molar-refractivity contribution in [2.24, 2.45) is 11.7 Å². The summed E-state index contributed by atoms with van der Waals surface area (Å²) in [6.45, 7) is 4.50. The van der Waals surface area contributed by atoms with E-state index in [2.05, 4.69) is 55.6 Å². The van der Waals surface area contributed by atoms with Crippen LogP contribution in [0, 0.1) is 5.92 Å². The maximum atomic E-state index is 6.41. The third-order valence-electron chi connectivity index (χ3n) is 3.45. The minimum Gasteiger partial charge on any atom is -0.320 e. The molecule has 0 radical (unpaired) electrons. The smallest absolute Gasteiger partial charge is 0.0646 e. The second kappa shape index (κ2) is 5.68. The second-order valence-corrected chi connectivity index (χ2v) is 7.68. The van der Waals surface area contributed by atoms with Crippen molar-refractivity contribution in [1.29, 1.82) is 0 Å². The van der Waals surface area contributed by atoms with Gasteiger partial charge < -0.3 is 5.73 Å². The zero-order valence-electron chi connectivity index (χ0n) is 11.8. The summed E-state index contributed by atoms with van der Waals surface area (Å²) in [7, 11) is 0. The van der Waals surface area contributed by atoms with Crippen LogP contribution in [0.2, 0.25) is 0 Å². The molecule has 0 amide bonds. The Bertz CT molecular complexity index is 663. The summed E-state index contributed by atoms with van der Waals surface area (Å²) < 4.78 is 2.69. The van der Waals surface area contributed by atoms with Gasteiger partial charge in [-0.05, 0) is 41.0 Å². The molecule has 1 nitrogen and oxygen atoms in total. The molecule has 2 aromatic heterocycles. The highest BCUT2D eigenvalue weighted by Crippen LogP contribution is 2.34. The van der Waals surface area contributed by atoms with Crippen molar-refractivity contribution in [2.75, 3.05) is 0 Å². The molecule has 0 bridgehead atoms. The number of benzene rings is 1. The highest BCUT2D eigenvalue weighted by atomic mass is 32.1. The Hall–Kier alpha value is -1.16. The fourth-order valence-corrected chi connectivity index (χ4v) is 4.58. The van der Waals surface area contributed by atoms with Gasteiger partial charge in [0.15, 0.2) is 0 Å². The second-order valence-electron chi connectivity index (χ2n) is 5.62. The number of nitrogens with two attached hydrogens (primary N) is 1. The van der Waals surface area contributed by atoms with E-state index in [0.717, 1.165) is 6.42 Å². The van der Waals surface area contributed by atoms with Gasteiger partial charge in [0.2, 0.25) is 0 Å². The van der Waals surface area contributed by atoms with Gasteiger partial charge in [-0.1, -0.05) is 38.1 Å². The Morgan fingerprint density at radius 2 is 1.80 bits per heavy atom. The maximum absolute atomic E-state index is 6.41. The fourth-order valence-electron chi connectivity index (χ4n) is 2.43. The Morgan fingerprint density at radius 1 is 1.05 bits per heavy atom. The van der Waals surface area contributed by atoms with Crippen LogP contribution in [0.25, 0.3) is 9.40 Å². The fraction of sp³-hybridized carbons (Fsp3) is 0.294. The van der Waals surface area contributed by atoms with Crippen molar-refractivity contribution in [3.63, 3.8) is 0 Å². The van der Waals surface area contributed by atoms with Crippen molar-refractivity contribution < 1.29 is 0 Å². The molecule has 104 valence electrons. The topological polar surface area (TPSA) is 26.0 Å². The van der Waals surface area contributed by atoms with Gasteiger partial charge in [-0.15, -0.1) is 22.7 Å². The summed E-state index contributed by atoms with van der Waals surface area (Å²) in [5.41, 5.74) is 9.00. The van der Waals surface area contributed by atoms with E-state index in [1.54, 1.807) is 11.3 Å². The first-order chi connectivity index (χ1) is 9.63. The lowest BCUT2D eigenvalue weighted by atomic mass is 9.99. The van der Waals surface area contributed by atoms with Crippen LogP contribution < -0.4 is 5.73 Å². The SMILES string of the molecule is CC(C)Cc1ccc(C(N)c2cc3sccc3s2)cc1. The molecule has 0 aliphatic heterocycles. The summed E-state index contributed by atoms with van der Waals surface area (Å²) in [5, 5.41) is 2.14. The third kappa shape index (κ3) is 2.80. The Kier molecular flexibility index (Phi) is 3.92. The molecule has 1 atom stereocenters. The number of thiophene rings is 2. The predicted octanol–water partition coefficient (Wildman–Crippen LogP) is 5.21. The molecular formula is C17H19NS2. The van der Waals surface area contributed by atoms with E-state index in [9.17, 15) is 0 Å². The molecule has 3 rings (SSSR count). The van der Waals surface area contributed by atoms with Crippen molar-refractivity contribution in [3.05, 3.63) is 57.8 Å². The molecule has 0 spiro atoms. The van der Waals surface area contributed by atoms with Crippen LogP contribution in [-0.4, -0.2) is 0 Å². The van der Waals surface area contributed by atoms with Gasteiger partial charge in [0.05, 0.1) is 6.04 Å². The first-order valence-corrected chi connectivity index (χ1v) is 8.64. The number of fused-ring (bicyclic) bond motifs is 1. The van der Waals surface area contributed by atoms with Gasteiger partial charge >= 0.3 is 0 Å². The minimum atomic E-state index is -0.00676. The minimum absolute atomic E-state index is 0.00676. The average Bonchev–Trinajstić information content (AvgIpc) is 2.98. The van der Waals surface area contributed by atoms with Crippen LogP contribution in [0.15, 0.2) is 41.8 Å². The molecule has 0 fully saturated rings. The summed E-state index contributed by atoms with van der Waals surface area (Å²) in [5.74, 6) is 0.693. The van der Waals surface area contributed by atoms with Gasteiger partial charge in [-0.3, -0.25) is 0 Å². The van der Waals surface area contributed by atoms with E-state index >= 15 is 0 Å². The van der Waals surface area contributed by atoms with Crippen molar-refractivity contribution >= 4 is 32.1 Å². The summed E-state index contributed by atoms with van der Waals surface area (Å²) >= 11 is 3.59. The lowest BCUT2D eigenvalue weighted by Gasteiger charge is -2.11. The first kappa shape index (κ1) is 13.8. The highest BCUT2D eigenvalue weighted by Gasteiger charge is 2.13. The van der Waals surface area contributed by atoms with Crippen molar-refractivity contribution in [3.8, 4) is 0 Å². The van der Waals surface area contributed by atoms with E-state index in [1.165, 1.54) is 25.4 Å². The molecule has 3 heteroatoms. The largest absolute Gasteiger partial charge is 0.320 e. The maximum Gasteiger partial charge on any atom is 0.0646 e. The monoisotopic (exact) mass is 301 g/mol. The standard InChI is InChI=1S/C17H19NS2/c1-11(2)9-12-3-5-13(6-4-12)17(18)16-10-15-14(20-16)7-8-19-15/h3-8,10-11,17H,9,18H2,1-2H3. The lowest BCUT2D eigenvalue weighted by molar-refractivity contribution is 0.647. The normalized spacial score (nSPS) is 13.2. The van der Waals surface area contributed by atoms with Crippen molar-refractivity contribution in [2.45, 2.75) is 26.3 Å². The first-order valence-electron chi connectivity index (χ1n) is 6.95. The average molecular weight is 301 g/mol. The lowest BCUT2D eigenvalue weighted by Crippen LogP contribution is -2.10. The van der Waals surface area contributed by atoms with Crippen LogP contribution in [0.3, 0.4) is 0 Å². The molecule has 2 N–H and O–H groups in total. The molecular weight excluding hydrogens is 282 g/mol. The predicted molar refractivity (Wildman–Crippen MR) is 90.7 cm³/mol. The highest BCUT2D eigenvalue weighted by molar-refractivity contribution is 7.27. The summed E-state index contributed by atoms with van der Waals surface area (Å²) in [6, 6.07) is 13.2. The molecule has 20 heavy (non-hydrogen) atoms. The van der Waals surface area contributed by atoms with E-state index in [4.69, 9.17) is 5.73 Å². The van der Waals surface area contributed by atoms with E-state index in [1.807, 2.05) is 11.3 Å². The van der Waals surface area contributed by atoms with Crippen LogP contribution >= 0.6 is 22.7 Å². The van der Waals surface area contributed by atoms with Crippen LogP contribution in [-0.2, 0) is 6.42 Å². The van der Waals surface area contributed by atoms with Crippen LogP contribution in [0.5, 0.6) is 0 Å². The van der Waals surface area contributed by atoms with Crippen LogP contribution in [0.1, 0.15) is 35.9 Å². The Balaban J connectivity index is 1.82. The van der Waals surface area contributed by atoms with Gasteiger partial charge in [0.1, 0.15) is 0 Å². The molecule has 0 saturated heterocycles. The molecule has 3 aromatic rings. The molecule has 0 aliphatic rings. The number of rotatable bonds is 4.